The van der Waals surface area contributed by atoms with E-state index in [0.29, 0.717) is 18.0 Å². The highest BCUT2D eigenvalue weighted by Crippen LogP contribution is 2.27. The minimum atomic E-state index is 0.130. The molecule has 0 aliphatic heterocycles. The zero-order valence-electron chi connectivity index (χ0n) is 8.20. The van der Waals surface area contributed by atoms with Crippen molar-refractivity contribution in [2.24, 2.45) is 5.92 Å². The molecule has 1 aromatic heterocycles. The molecule has 1 aliphatic carbocycles. The van der Waals surface area contributed by atoms with Gasteiger partial charge in [0.05, 0.1) is 6.20 Å². The zero-order valence-corrected chi connectivity index (χ0v) is 8.20. The Morgan fingerprint density at radius 2 is 2.21 bits per heavy atom. The fourth-order valence-electron chi connectivity index (χ4n) is 2.09. The zero-order chi connectivity index (χ0) is 9.80. The number of carbonyl (C=O) groups excluding carboxylic acids is 1. The molecule has 1 fully saturated rings. The standard InChI is InChI=1S/C10H15N3O/c14-10(9-7-11-13-12-9)6-8-4-2-1-3-5-8/h7-8H,1-6H2,(H,11,12,13). The second-order valence-corrected chi connectivity index (χ2v) is 3.99. The predicted molar refractivity (Wildman–Crippen MR) is 51.9 cm³/mol. The number of hydrogen-bond donors (Lipinski definition) is 1. The minimum absolute atomic E-state index is 0.130. The molecule has 0 spiro atoms. The predicted octanol–water partition coefficient (Wildman–Crippen LogP) is 1.96. The van der Waals surface area contributed by atoms with E-state index in [0.717, 1.165) is 0 Å². The molecule has 0 bridgehead atoms. The van der Waals surface area contributed by atoms with Crippen molar-refractivity contribution in [2.75, 3.05) is 0 Å². The molecule has 0 amide bonds. The molecule has 4 heteroatoms. The lowest BCUT2D eigenvalue weighted by atomic mass is 9.85. The summed E-state index contributed by atoms with van der Waals surface area (Å²) in [6.45, 7) is 0. The molecule has 1 aliphatic rings. The number of ketones is 1. The van der Waals surface area contributed by atoms with E-state index in [1.165, 1.54) is 38.3 Å². The third kappa shape index (κ3) is 2.19. The normalized spacial score (nSPS) is 18.3. The van der Waals surface area contributed by atoms with Gasteiger partial charge in [-0.1, -0.05) is 32.1 Å². The molecule has 1 heterocycles. The van der Waals surface area contributed by atoms with Gasteiger partial charge in [0.25, 0.3) is 0 Å². The molecule has 0 atom stereocenters. The molecule has 1 saturated carbocycles. The minimum Gasteiger partial charge on any atom is -0.292 e. The third-order valence-corrected chi connectivity index (χ3v) is 2.90. The molecule has 1 N–H and O–H groups in total. The number of hydrogen-bond acceptors (Lipinski definition) is 3. The fourth-order valence-corrected chi connectivity index (χ4v) is 2.09. The Hall–Kier alpha value is -1.19. The van der Waals surface area contributed by atoms with Gasteiger partial charge in [-0.2, -0.15) is 15.4 Å². The summed E-state index contributed by atoms with van der Waals surface area (Å²) >= 11 is 0. The van der Waals surface area contributed by atoms with Crippen molar-refractivity contribution >= 4 is 5.78 Å². The molecule has 2 rings (SSSR count). The van der Waals surface area contributed by atoms with Crippen LogP contribution in [0.2, 0.25) is 0 Å². The molecule has 0 saturated heterocycles. The Kier molecular flexibility index (Phi) is 2.91. The molecule has 76 valence electrons. The Bertz CT molecular complexity index is 288. The number of aromatic amines is 1. The van der Waals surface area contributed by atoms with E-state index in [4.69, 9.17) is 0 Å². The van der Waals surface area contributed by atoms with Crippen molar-refractivity contribution in [1.82, 2.24) is 15.4 Å². The highest BCUT2D eigenvalue weighted by Gasteiger charge is 2.18. The highest BCUT2D eigenvalue weighted by molar-refractivity contribution is 5.93. The summed E-state index contributed by atoms with van der Waals surface area (Å²) in [5.41, 5.74) is 0.482. The smallest absolute Gasteiger partial charge is 0.184 e. The van der Waals surface area contributed by atoms with Gasteiger partial charge in [-0.05, 0) is 5.92 Å². The number of carbonyl (C=O) groups is 1. The van der Waals surface area contributed by atoms with Crippen LogP contribution in [0.15, 0.2) is 6.20 Å². The molecule has 4 nitrogen and oxygen atoms in total. The lowest BCUT2D eigenvalue weighted by Gasteiger charge is -2.19. The summed E-state index contributed by atoms with van der Waals surface area (Å²) in [5.74, 6) is 0.707. The van der Waals surface area contributed by atoms with Gasteiger partial charge in [-0.25, -0.2) is 0 Å². The average molecular weight is 193 g/mol. The van der Waals surface area contributed by atoms with Gasteiger partial charge in [0.2, 0.25) is 0 Å². The monoisotopic (exact) mass is 193 g/mol. The largest absolute Gasteiger partial charge is 0.292 e. The van der Waals surface area contributed by atoms with Crippen molar-refractivity contribution in [3.8, 4) is 0 Å². The summed E-state index contributed by atoms with van der Waals surface area (Å²) in [6.07, 6.45) is 8.42. The third-order valence-electron chi connectivity index (χ3n) is 2.90. The van der Waals surface area contributed by atoms with Gasteiger partial charge in [0.15, 0.2) is 5.78 Å². The van der Waals surface area contributed by atoms with Gasteiger partial charge >= 0.3 is 0 Å². The van der Waals surface area contributed by atoms with Crippen LogP contribution in [0, 0.1) is 5.92 Å². The first-order valence-electron chi connectivity index (χ1n) is 5.25. The van der Waals surface area contributed by atoms with E-state index < -0.39 is 0 Å². The average Bonchev–Trinajstić information content (AvgIpc) is 2.72. The van der Waals surface area contributed by atoms with E-state index >= 15 is 0 Å². The number of aromatic nitrogens is 3. The highest BCUT2D eigenvalue weighted by atomic mass is 16.1. The van der Waals surface area contributed by atoms with Crippen LogP contribution >= 0.6 is 0 Å². The summed E-state index contributed by atoms with van der Waals surface area (Å²) in [4.78, 5) is 11.7. The lowest BCUT2D eigenvalue weighted by Crippen LogP contribution is -2.12. The second kappa shape index (κ2) is 4.35. The summed E-state index contributed by atoms with van der Waals surface area (Å²) < 4.78 is 0. The Morgan fingerprint density at radius 1 is 1.43 bits per heavy atom. The number of Topliss-reactive ketones (excluding diaryl/α,β-unsaturated/α-hetero) is 1. The maximum Gasteiger partial charge on any atom is 0.184 e. The van der Waals surface area contributed by atoms with Crippen LogP contribution in [0.25, 0.3) is 0 Å². The SMILES string of the molecule is O=C(CC1CCCCC1)c1cn[nH]n1. The maximum atomic E-state index is 11.7. The van der Waals surface area contributed by atoms with Crippen molar-refractivity contribution < 1.29 is 4.79 Å². The fraction of sp³-hybridized carbons (Fsp3) is 0.700. The Balaban J connectivity index is 1.87. The van der Waals surface area contributed by atoms with Crippen LogP contribution in [0.5, 0.6) is 0 Å². The van der Waals surface area contributed by atoms with Crippen LogP contribution < -0.4 is 0 Å². The maximum absolute atomic E-state index is 11.7. The summed E-state index contributed by atoms with van der Waals surface area (Å²) in [6, 6.07) is 0. The first-order valence-corrected chi connectivity index (χ1v) is 5.25. The summed E-state index contributed by atoms with van der Waals surface area (Å²) in [5, 5.41) is 9.90. The Morgan fingerprint density at radius 3 is 2.86 bits per heavy atom. The van der Waals surface area contributed by atoms with Gasteiger partial charge in [-0.3, -0.25) is 4.79 Å². The van der Waals surface area contributed by atoms with Crippen molar-refractivity contribution in [1.29, 1.82) is 0 Å². The van der Waals surface area contributed by atoms with Crippen LogP contribution in [0.3, 0.4) is 0 Å². The molecular formula is C10H15N3O. The van der Waals surface area contributed by atoms with E-state index in [9.17, 15) is 4.79 Å². The van der Waals surface area contributed by atoms with E-state index in [-0.39, 0.29) is 5.78 Å². The molecule has 0 aromatic carbocycles. The number of nitrogens with zero attached hydrogens (tertiary/aromatic N) is 2. The van der Waals surface area contributed by atoms with Crippen molar-refractivity contribution in [3.63, 3.8) is 0 Å². The number of H-pyrrole nitrogens is 1. The van der Waals surface area contributed by atoms with Crippen LogP contribution in [0.4, 0.5) is 0 Å². The Labute approximate surface area is 83.1 Å². The van der Waals surface area contributed by atoms with Gasteiger partial charge < -0.3 is 0 Å². The van der Waals surface area contributed by atoms with Crippen LogP contribution in [0.1, 0.15) is 49.0 Å². The summed E-state index contributed by atoms with van der Waals surface area (Å²) in [7, 11) is 0. The quantitative estimate of drug-likeness (QED) is 0.746. The first kappa shape index (κ1) is 9.37. The van der Waals surface area contributed by atoms with Gasteiger partial charge in [0.1, 0.15) is 5.69 Å². The molecule has 0 radical (unpaired) electrons. The molecule has 14 heavy (non-hydrogen) atoms. The number of nitrogens with one attached hydrogen (secondary N) is 1. The van der Waals surface area contributed by atoms with E-state index in [1.54, 1.807) is 0 Å². The molecule has 1 aromatic rings. The number of rotatable bonds is 3. The van der Waals surface area contributed by atoms with Gasteiger partial charge in [-0.15, -0.1) is 0 Å². The lowest BCUT2D eigenvalue weighted by molar-refractivity contribution is 0.0945. The molecular weight excluding hydrogens is 178 g/mol. The van der Waals surface area contributed by atoms with Gasteiger partial charge in [0, 0.05) is 6.42 Å². The van der Waals surface area contributed by atoms with Crippen molar-refractivity contribution in [2.45, 2.75) is 38.5 Å². The van der Waals surface area contributed by atoms with E-state index in [1.807, 2.05) is 0 Å². The molecule has 0 unspecified atom stereocenters. The van der Waals surface area contributed by atoms with Crippen molar-refractivity contribution in [3.05, 3.63) is 11.9 Å². The first-order chi connectivity index (χ1) is 6.86. The van der Waals surface area contributed by atoms with Crippen LogP contribution in [-0.4, -0.2) is 21.2 Å². The second-order valence-electron chi connectivity index (χ2n) is 3.99. The van der Waals surface area contributed by atoms with E-state index in [2.05, 4.69) is 15.4 Å². The topological polar surface area (TPSA) is 58.6 Å². The van der Waals surface area contributed by atoms with Crippen LogP contribution in [-0.2, 0) is 0 Å².